The highest BCUT2D eigenvalue weighted by Gasteiger charge is 2.43. The van der Waals surface area contributed by atoms with E-state index in [-0.39, 0.29) is 16.7 Å². The molecule has 13 heteroatoms. The molecule has 3 aromatic rings. The average Bonchev–Trinajstić information content (AvgIpc) is 3.07. The number of hydrogen-bond acceptors (Lipinski definition) is 8. The van der Waals surface area contributed by atoms with Crippen LogP contribution in [0.25, 0.3) is 0 Å². The normalized spacial score (nSPS) is 17.7. The molecule has 0 unspecified atom stereocenters. The number of carboxylic acid groups (broad SMARTS) is 1. The van der Waals surface area contributed by atoms with E-state index in [1.807, 2.05) is 0 Å². The number of aliphatic carboxylic acids is 1. The maximum absolute atomic E-state index is 11.6. The number of benzene rings is 3. The molecule has 0 saturated carbocycles. The van der Waals surface area contributed by atoms with Crippen LogP contribution in [0.3, 0.4) is 0 Å². The van der Waals surface area contributed by atoms with Crippen molar-refractivity contribution in [2.75, 3.05) is 36.0 Å². The van der Waals surface area contributed by atoms with Crippen LogP contribution in [0.1, 0.15) is 103 Å². The lowest BCUT2D eigenvalue weighted by Gasteiger charge is -2.44. The molecule has 3 heterocycles. The number of unbranched alkanes of at least 4 members (excludes halogenated alkanes) is 2. The monoisotopic (exact) mass is 736 g/mol. The summed E-state index contributed by atoms with van der Waals surface area (Å²) >= 11 is 0. The van der Waals surface area contributed by atoms with Crippen molar-refractivity contribution in [1.29, 1.82) is 0 Å². The van der Waals surface area contributed by atoms with Crippen LogP contribution in [0.15, 0.2) is 47.4 Å². The summed E-state index contributed by atoms with van der Waals surface area (Å²) in [6.07, 6.45) is 9.34. The van der Waals surface area contributed by atoms with E-state index in [9.17, 15) is 17.8 Å². The van der Waals surface area contributed by atoms with Crippen LogP contribution >= 0.6 is 0 Å². The van der Waals surface area contributed by atoms with Crippen LogP contribution in [0.4, 0.5) is 11.4 Å². The zero-order chi connectivity index (χ0) is 36.5. The second kappa shape index (κ2) is 14.9. The lowest BCUT2D eigenvalue weighted by atomic mass is 9.64. The van der Waals surface area contributed by atoms with Crippen LogP contribution < -0.4 is 14.8 Å². The molecule has 3 aliphatic heterocycles. The first kappa shape index (κ1) is 36.7. The van der Waals surface area contributed by atoms with Gasteiger partial charge in [0.15, 0.2) is 0 Å². The minimum Gasteiger partial charge on any atom is -0.481 e. The molecule has 3 aromatic carbocycles. The van der Waals surface area contributed by atoms with Gasteiger partial charge < -0.3 is 14.9 Å². The van der Waals surface area contributed by atoms with E-state index in [2.05, 4.69) is 46.8 Å². The van der Waals surface area contributed by atoms with E-state index < -0.39 is 26.7 Å². The average molecular weight is 737 g/mol. The van der Waals surface area contributed by atoms with Crippen molar-refractivity contribution in [1.82, 2.24) is 0 Å². The number of aryl methyl sites for hydroxylation is 2. The summed E-state index contributed by atoms with van der Waals surface area (Å²) < 4.78 is 58.0. The Labute approximate surface area is 301 Å². The molecular formula is C38H46N3O8S2+. The van der Waals surface area contributed by atoms with Gasteiger partial charge in [-0.15, -0.1) is 12.6 Å². The van der Waals surface area contributed by atoms with E-state index in [1.54, 1.807) is 12.1 Å². The maximum Gasteiger partial charge on any atom is 0.425 e. The van der Waals surface area contributed by atoms with Crippen molar-refractivity contribution in [3.63, 3.8) is 0 Å². The fourth-order valence-electron chi connectivity index (χ4n) is 8.62. The first-order chi connectivity index (χ1) is 24.3. The highest BCUT2D eigenvalue weighted by Crippen LogP contribution is 2.50. The molecule has 0 amide bonds. The first-order valence-corrected chi connectivity index (χ1v) is 20.2. The van der Waals surface area contributed by atoms with Gasteiger partial charge in [0, 0.05) is 55.8 Å². The molecule has 0 saturated heterocycles. The lowest BCUT2D eigenvalue weighted by molar-refractivity contribution is -0.456. The largest absolute Gasteiger partial charge is 0.481 e. The van der Waals surface area contributed by atoms with E-state index in [4.69, 9.17) is 17.7 Å². The van der Waals surface area contributed by atoms with E-state index in [0.29, 0.717) is 13.0 Å². The molecule has 0 radical (unpaired) electrons. The SMILES string of the molecule is CC1(C)c2cc3c(cc2C(=[NH+]CCCCCC(=O)O)c2cc4c5c(c21)CCCN5CCC4)CCCN3Cc1ccc(S(=O)(=O)O)cc1.O=S(=O)=O. The van der Waals surface area contributed by atoms with Crippen molar-refractivity contribution < 1.29 is 40.5 Å². The molecule has 0 bridgehead atoms. The topological polar surface area (TPSA) is 163 Å². The van der Waals surface area contributed by atoms with Gasteiger partial charge in [0.05, 0.1) is 16.0 Å². The predicted molar refractivity (Wildman–Crippen MR) is 194 cm³/mol. The Balaban J connectivity index is 0.00000107. The summed E-state index contributed by atoms with van der Waals surface area (Å²) in [4.78, 5) is 19.9. The number of nitrogens with zero attached hydrogens (tertiary/aromatic N) is 2. The third-order valence-electron chi connectivity index (χ3n) is 10.8. The fraction of sp³-hybridized carbons (Fsp3) is 0.474. The van der Waals surface area contributed by atoms with Crippen LogP contribution in [0, 0.1) is 0 Å². The maximum atomic E-state index is 11.6. The van der Waals surface area contributed by atoms with E-state index in [0.717, 1.165) is 70.3 Å². The summed E-state index contributed by atoms with van der Waals surface area (Å²) in [5, 5.41) is 9.09. The summed E-state index contributed by atoms with van der Waals surface area (Å²) in [7, 11) is -7.34. The van der Waals surface area contributed by atoms with Crippen LogP contribution in [0.2, 0.25) is 0 Å². The zero-order valence-corrected chi connectivity index (χ0v) is 30.8. The van der Waals surface area contributed by atoms with Gasteiger partial charge in [-0.2, -0.15) is 8.42 Å². The molecule has 51 heavy (non-hydrogen) atoms. The number of rotatable bonds is 9. The van der Waals surface area contributed by atoms with Crippen molar-refractivity contribution in [2.24, 2.45) is 0 Å². The van der Waals surface area contributed by atoms with Gasteiger partial charge in [0.25, 0.3) is 10.1 Å². The van der Waals surface area contributed by atoms with Crippen LogP contribution in [-0.4, -0.2) is 68.6 Å². The van der Waals surface area contributed by atoms with Crippen molar-refractivity contribution in [2.45, 2.75) is 94.9 Å². The minimum absolute atomic E-state index is 0.0862. The van der Waals surface area contributed by atoms with Crippen molar-refractivity contribution in [3.8, 4) is 0 Å². The molecule has 0 fully saturated rings. The van der Waals surface area contributed by atoms with Gasteiger partial charge in [-0.25, -0.2) is 4.99 Å². The molecule has 11 nitrogen and oxygen atoms in total. The van der Waals surface area contributed by atoms with Gasteiger partial charge in [-0.1, -0.05) is 26.0 Å². The fourth-order valence-corrected chi connectivity index (χ4v) is 9.10. The molecule has 0 spiro atoms. The summed E-state index contributed by atoms with van der Waals surface area (Å²) in [5.74, 6) is -0.730. The molecule has 272 valence electrons. The number of nitrogens with one attached hydrogen (secondary N) is 1. The summed E-state index contributed by atoms with van der Waals surface area (Å²) in [5.41, 5.74) is 14.5. The van der Waals surface area contributed by atoms with Gasteiger partial charge in [0.1, 0.15) is 6.54 Å². The van der Waals surface area contributed by atoms with Crippen molar-refractivity contribution in [3.05, 3.63) is 87.0 Å². The standard InChI is InChI=1S/C38H45N3O5S.O3S/c1-38(2)32-23-33-26(9-6-20-41(33)24-25-13-15-28(16-14-25)47(44,45)46)21-30(32)36(39-17-5-3-4-12-34(42)43)31-22-27-10-7-18-40-19-8-11-29(35(31)38)37(27)40;1-4(2)3/h13-16,21-23H,3-12,17-20,24H2,1-2H3,(H,42,43)(H,44,45,46);/p+1. The number of carbonyl (C=O) groups is 1. The van der Waals surface area contributed by atoms with Gasteiger partial charge in [0.2, 0.25) is 5.71 Å². The van der Waals surface area contributed by atoms with Crippen LogP contribution in [0.5, 0.6) is 0 Å². The molecule has 1 aliphatic carbocycles. The Morgan fingerprint density at radius 3 is 2.22 bits per heavy atom. The number of fused-ring (bicyclic) bond motifs is 4. The molecule has 3 N–H and O–H groups in total. The zero-order valence-electron chi connectivity index (χ0n) is 29.2. The molecule has 0 atom stereocenters. The predicted octanol–water partition coefficient (Wildman–Crippen LogP) is 3.78. The smallest absolute Gasteiger partial charge is 0.425 e. The summed E-state index contributed by atoms with van der Waals surface area (Å²) in [6.45, 7) is 9.44. The third-order valence-corrected chi connectivity index (χ3v) is 11.6. The number of carboxylic acids is 1. The van der Waals surface area contributed by atoms with Gasteiger partial charge in [-0.3, -0.25) is 9.35 Å². The Kier molecular flexibility index (Phi) is 10.7. The second-order valence-electron chi connectivity index (χ2n) is 14.5. The summed E-state index contributed by atoms with van der Waals surface area (Å²) in [6, 6.07) is 13.9. The molecule has 4 aliphatic rings. The van der Waals surface area contributed by atoms with E-state index in [1.165, 1.54) is 81.0 Å². The Bertz CT molecular complexity index is 2090. The van der Waals surface area contributed by atoms with Gasteiger partial charge in [-0.05, 0) is 115 Å². The van der Waals surface area contributed by atoms with E-state index >= 15 is 0 Å². The molecule has 0 aromatic heterocycles. The first-order valence-electron chi connectivity index (χ1n) is 17.8. The lowest BCUT2D eigenvalue weighted by Crippen LogP contribution is -2.74. The molecular weight excluding hydrogens is 691 g/mol. The number of anilines is 2. The highest BCUT2D eigenvalue weighted by molar-refractivity contribution is 7.85. The Morgan fingerprint density at radius 2 is 1.53 bits per heavy atom. The third kappa shape index (κ3) is 7.75. The van der Waals surface area contributed by atoms with Crippen LogP contribution in [-0.2, 0) is 56.7 Å². The highest BCUT2D eigenvalue weighted by atomic mass is 32.2. The Hall–Kier alpha value is -4.07. The minimum atomic E-state index is -4.23. The quantitative estimate of drug-likeness (QED) is 0.218. The van der Waals surface area contributed by atoms with Crippen molar-refractivity contribution >= 4 is 43.8 Å². The van der Waals surface area contributed by atoms with Gasteiger partial charge >= 0.3 is 16.6 Å². The number of hydrogen-bond donors (Lipinski definition) is 3. The Morgan fingerprint density at radius 1 is 0.882 bits per heavy atom. The second-order valence-corrected chi connectivity index (χ2v) is 16.3. The molecule has 7 rings (SSSR count).